The minimum atomic E-state index is -4.23. The molecule has 4 nitrogen and oxygen atoms in total. The van der Waals surface area contributed by atoms with Crippen LogP contribution in [0.1, 0.15) is 34.3 Å². The summed E-state index contributed by atoms with van der Waals surface area (Å²) in [6.45, 7) is 1.70. The van der Waals surface area contributed by atoms with Gasteiger partial charge < -0.3 is 9.84 Å². The van der Waals surface area contributed by atoms with Crippen LogP contribution >= 0.6 is 0 Å². The van der Waals surface area contributed by atoms with Crippen molar-refractivity contribution in [3.63, 3.8) is 0 Å². The Kier molecular flexibility index (Phi) is 5.47. The zero-order chi connectivity index (χ0) is 18.7. The number of aliphatic hydroxyl groups excluding tert-OH is 1. The number of aldehydes is 1. The van der Waals surface area contributed by atoms with Crippen molar-refractivity contribution >= 4 is 6.29 Å². The van der Waals surface area contributed by atoms with Crippen LogP contribution < -0.4 is 4.74 Å². The Bertz CT molecular complexity index is 738. The lowest BCUT2D eigenvalue weighted by Gasteiger charge is -2.20. The van der Waals surface area contributed by atoms with Crippen LogP contribution in [0.3, 0.4) is 0 Å². The molecule has 1 aromatic carbocycles. The van der Waals surface area contributed by atoms with E-state index in [1.165, 1.54) is 30.5 Å². The van der Waals surface area contributed by atoms with E-state index in [2.05, 4.69) is 4.98 Å². The standard InChI is InChI=1S/C17H14F3NO2.CH4O/c1-11-8-13(16(6-7-16)17(18,19)20)3-4-14(11)23-15-5-2-12(10-22)9-21-15;1-2/h2-5,8-10H,6-7H2,1H3;2H,1H3. The lowest BCUT2D eigenvalue weighted by Crippen LogP contribution is -2.28. The van der Waals surface area contributed by atoms with Crippen molar-refractivity contribution in [1.82, 2.24) is 4.98 Å². The molecular formula is C18H18F3NO3. The molecule has 134 valence electrons. The third-order valence-electron chi connectivity index (χ3n) is 4.13. The van der Waals surface area contributed by atoms with Crippen LogP contribution in [0.25, 0.3) is 0 Å². The van der Waals surface area contributed by atoms with Crippen LogP contribution in [-0.2, 0) is 5.41 Å². The number of halogens is 3. The van der Waals surface area contributed by atoms with E-state index in [-0.39, 0.29) is 24.3 Å². The van der Waals surface area contributed by atoms with Gasteiger partial charge in [-0.15, -0.1) is 0 Å². The number of carbonyl (C=O) groups is 1. The van der Waals surface area contributed by atoms with Gasteiger partial charge in [0.2, 0.25) is 5.88 Å². The number of rotatable bonds is 4. The van der Waals surface area contributed by atoms with Crippen molar-refractivity contribution < 1.29 is 27.8 Å². The molecule has 1 aliphatic rings. The Morgan fingerprint density at radius 1 is 1.20 bits per heavy atom. The van der Waals surface area contributed by atoms with Gasteiger partial charge in [0.15, 0.2) is 6.29 Å². The Balaban J connectivity index is 0.00000109. The fourth-order valence-corrected chi connectivity index (χ4v) is 2.56. The summed E-state index contributed by atoms with van der Waals surface area (Å²) in [6.07, 6.45) is -1.93. The number of aromatic nitrogens is 1. The van der Waals surface area contributed by atoms with Gasteiger partial charge in [-0.25, -0.2) is 4.98 Å². The molecule has 0 bridgehead atoms. The van der Waals surface area contributed by atoms with Crippen molar-refractivity contribution in [2.24, 2.45) is 0 Å². The Morgan fingerprint density at radius 2 is 1.88 bits per heavy atom. The highest BCUT2D eigenvalue weighted by Gasteiger charge is 2.64. The number of alkyl halides is 3. The number of aliphatic hydroxyl groups is 1. The number of pyridine rings is 1. The first-order valence-corrected chi connectivity index (χ1v) is 7.57. The first-order chi connectivity index (χ1) is 11.9. The molecular weight excluding hydrogens is 335 g/mol. The third-order valence-corrected chi connectivity index (χ3v) is 4.13. The van der Waals surface area contributed by atoms with E-state index < -0.39 is 11.6 Å². The maximum Gasteiger partial charge on any atom is 0.398 e. The Hall–Kier alpha value is -2.41. The summed E-state index contributed by atoms with van der Waals surface area (Å²) >= 11 is 0. The van der Waals surface area contributed by atoms with Crippen LogP contribution in [-0.4, -0.2) is 29.7 Å². The zero-order valence-corrected chi connectivity index (χ0v) is 13.8. The molecule has 0 radical (unpaired) electrons. The maximum absolute atomic E-state index is 13.2. The van der Waals surface area contributed by atoms with Crippen molar-refractivity contribution in [3.05, 3.63) is 53.2 Å². The maximum atomic E-state index is 13.2. The molecule has 0 aliphatic heterocycles. The van der Waals surface area contributed by atoms with Crippen LogP contribution in [0.5, 0.6) is 11.6 Å². The average molecular weight is 353 g/mol. The number of nitrogens with zero attached hydrogens (tertiary/aromatic N) is 1. The van der Waals surface area contributed by atoms with Gasteiger partial charge in [0.25, 0.3) is 0 Å². The lowest BCUT2D eigenvalue weighted by molar-refractivity contribution is -0.160. The molecule has 25 heavy (non-hydrogen) atoms. The quantitative estimate of drug-likeness (QED) is 0.837. The lowest BCUT2D eigenvalue weighted by atomic mass is 9.93. The molecule has 1 N–H and O–H groups in total. The van der Waals surface area contributed by atoms with Crippen LogP contribution in [0, 0.1) is 6.92 Å². The predicted octanol–water partition coefficient (Wildman–Crippen LogP) is 4.20. The third kappa shape index (κ3) is 3.82. The average Bonchev–Trinajstić information content (AvgIpc) is 3.41. The summed E-state index contributed by atoms with van der Waals surface area (Å²) in [5.74, 6) is 0.724. The minimum absolute atomic E-state index is 0.130. The molecule has 3 rings (SSSR count). The molecule has 0 atom stereocenters. The predicted molar refractivity (Wildman–Crippen MR) is 86.0 cm³/mol. The van der Waals surface area contributed by atoms with E-state index in [1.54, 1.807) is 13.0 Å². The summed E-state index contributed by atoms with van der Waals surface area (Å²) in [4.78, 5) is 14.6. The van der Waals surface area contributed by atoms with Crippen molar-refractivity contribution in [2.75, 3.05) is 7.11 Å². The molecule has 7 heteroatoms. The normalized spacial score (nSPS) is 15.0. The summed E-state index contributed by atoms with van der Waals surface area (Å²) in [7, 11) is 1.00. The first kappa shape index (κ1) is 18.9. The number of carbonyl (C=O) groups excluding carboxylic acids is 1. The SMILES string of the molecule is CO.Cc1cc(C2(C(F)(F)F)CC2)ccc1Oc1ccc(C=O)cn1. The topological polar surface area (TPSA) is 59.4 Å². The van der Waals surface area contributed by atoms with Gasteiger partial charge in [0, 0.05) is 24.9 Å². The molecule has 1 aromatic heterocycles. The number of hydrogen-bond donors (Lipinski definition) is 1. The van der Waals surface area contributed by atoms with E-state index in [9.17, 15) is 18.0 Å². The summed E-state index contributed by atoms with van der Waals surface area (Å²) < 4.78 is 45.1. The monoisotopic (exact) mass is 353 g/mol. The van der Waals surface area contributed by atoms with Gasteiger partial charge in [-0.2, -0.15) is 13.2 Å². The second-order valence-electron chi connectivity index (χ2n) is 5.71. The van der Waals surface area contributed by atoms with E-state index in [0.717, 1.165) is 7.11 Å². The molecule has 1 aliphatic carbocycles. The second kappa shape index (κ2) is 7.23. The summed E-state index contributed by atoms with van der Waals surface area (Å²) in [5.41, 5.74) is -0.385. The fraction of sp³-hybridized carbons (Fsp3) is 0.333. The van der Waals surface area contributed by atoms with Gasteiger partial charge in [-0.3, -0.25) is 4.79 Å². The van der Waals surface area contributed by atoms with Crippen molar-refractivity contribution in [2.45, 2.75) is 31.4 Å². The van der Waals surface area contributed by atoms with Gasteiger partial charge in [0.1, 0.15) is 5.75 Å². The Morgan fingerprint density at radius 3 is 2.32 bits per heavy atom. The van der Waals surface area contributed by atoms with E-state index in [1.807, 2.05) is 0 Å². The molecule has 1 saturated carbocycles. The molecule has 1 heterocycles. The second-order valence-corrected chi connectivity index (χ2v) is 5.71. The summed E-state index contributed by atoms with van der Waals surface area (Å²) in [6, 6.07) is 7.61. The fourth-order valence-electron chi connectivity index (χ4n) is 2.56. The molecule has 1 fully saturated rings. The van der Waals surface area contributed by atoms with Crippen molar-refractivity contribution in [3.8, 4) is 11.6 Å². The molecule has 0 saturated heterocycles. The smallest absolute Gasteiger partial charge is 0.398 e. The molecule has 0 amide bonds. The van der Waals surface area contributed by atoms with E-state index in [0.29, 0.717) is 23.2 Å². The van der Waals surface area contributed by atoms with Crippen molar-refractivity contribution in [1.29, 1.82) is 0 Å². The minimum Gasteiger partial charge on any atom is -0.439 e. The number of benzene rings is 1. The highest BCUT2D eigenvalue weighted by molar-refractivity contribution is 5.74. The number of aryl methyl sites for hydroxylation is 1. The highest BCUT2D eigenvalue weighted by Crippen LogP contribution is 2.59. The number of hydrogen-bond acceptors (Lipinski definition) is 4. The van der Waals surface area contributed by atoms with Gasteiger partial charge >= 0.3 is 6.18 Å². The van der Waals surface area contributed by atoms with Crippen LogP contribution in [0.15, 0.2) is 36.5 Å². The van der Waals surface area contributed by atoms with E-state index >= 15 is 0 Å². The molecule has 0 spiro atoms. The molecule has 0 unspecified atom stereocenters. The summed E-state index contributed by atoms with van der Waals surface area (Å²) in [5, 5.41) is 7.00. The first-order valence-electron chi connectivity index (χ1n) is 7.57. The highest BCUT2D eigenvalue weighted by atomic mass is 19.4. The van der Waals surface area contributed by atoms with E-state index in [4.69, 9.17) is 9.84 Å². The Labute approximate surface area is 143 Å². The zero-order valence-electron chi connectivity index (χ0n) is 13.8. The van der Waals surface area contributed by atoms with Crippen LogP contribution in [0.2, 0.25) is 0 Å². The largest absolute Gasteiger partial charge is 0.439 e. The van der Waals surface area contributed by atoms with Gasteiger partial charge in [-0.1, -0.05) is 12.1 Å². The van der Waals surface area contributed by atoms with Gasteiger partial charge in [-0.05, 0) is 43.0 Å². The molecule has 2 aromatic rings. The van der Waals surface area contributed by atoms with Gasteiger partial charge in [0.05, 0.1) is 5.41 Å². The van der Waals surface area contributed by atoms with Crippen LogP contribution in [0.4, 0.5) is 13.2 Å². The number of ether oxygens (including phenoxy) is 1.